The van der Waals surface area contributed by atoms with Crippen LogP contribution in [0.3, 0.4) is 0 Å². The van der Waals surface area contributed by atoms with E-state index in [1.54, 1.807) is 11.1 Å². The van der Waals surface area contributed by atoms with Gasteiger partial charge in [-0.05, 0) is 36.8 Å². The molecular weight excluding hydrogens is 311 g/mol. The number of benzene rings is 1. The fourth-order valence-corrected chi connectivity index (χ4v) is 3.59. The minimum atomic E-state index is 0. The topological polar surface area (TPSA) is 0 Å². The van der Waals surface area contributed by atoms with Gasteiger partial charge in [-0.25, -0.2) is 0 Å². The molecule has 1 heteroatoms. The molecule has 0 heterocycles. The van der Waals surface area contributed by atoms with E-state index in [9.17, 15) is 0 Å². The molecule has 0 saturated carbocycles. The Bertz CT molecular complexity index is 348. The Labute approximate surface area is 180 Å². The summed E-state index contributed by atoms with van der Waals surface area (Å²) in [5.41, 5.74) is 3.24. The zero-order chi connectivity index (χ0) is 17.3. The predicted molar refractivity (Wildman–Crippen MR) is 117 cm³/mol. The minimum absolute atomic E-state index is 0. The quantitative estimate of drug-likeness (QED) is 0.211. The summed E-state index contributed by atoms with van der Waals surface area (Å²) in [6.07, 6.45) is 22.3. The van der Waals surface area contributed by atoms with Crippen molar-refractivity contribution in [1.29, 1.82) is 0 Å². The molecule has 0 bridgehead atoms. The van der Waals surface area contributed by atoms with Crippen LogP contribution in [0.2, 0.25) is 0 Å². The zero-order valence-electron chi connectivity index (χ0n) is 16.6. The first-order chi connectivity index (χ1) is 11.9. The summed E-state index contributed by atoms with van der Waals surface area (Å²) in [5.74, 6) is 0. The zero-order valence-corrected chi connectivity index (χ0v) is 16.6. The number of rotatable bonds is 16. The molecule has 0 N–H and O–H groups in total. The van der Waals surface area contributed by atoms with Crippen LogP contribution in [-0.4, -0.2) is 29.6 Å². The average molecular weight is 355 g/mol. The Hall–Kier alpha value is 0.220. The molecule has 0 aliphatic rings. The van der Waals surface area contributed by atoms with Crippen molar-refractivity contribution in [2.75, 3.05) is 0 Å². The molecular formula is C24H43Na. The Morgan fingerprint density at radius 1 is 0.480 bits per heavy atom. The number of hydrogen-bond donors (Lipinski definition) is 0. The predicted octanol–water partition coefficient (Wildman–Crippen LogP) is 7.62. The molecule has 0 aliphatic heterocycles. The van der Waals surface area contributed by atoms with Crippen molar-refractivity contribution < 1.29 is 0 Å². The Morgan fingerprint density at radius 2 is 0.800 bits per heavy atom. The van der Waals surface area contributed by atoms with E-state index in [2.05, 4.69) is 38.1 Å². The molecule has 0 unspecified atom stereocenters. The summed E-state index contributed by atoms with van der Waals surface area (Å²) in [6.45, 7) is 4.59. The van der Waals surface area contributed by atoms with Crippen LogP contribution < -0.4 is 0 Å². The van der Waals surface area contributed by atoms with Crippen molar-refractivity contribution in [1.82, 2.24) is 0 Å². The molecule has 0 nitrogen and oxygen atoms in total. The van der Waals surface area contributed by atoms with Crippen molar-refractivity contribution in [2.24, 2.45) is 0 Å². The van der Waals surface area contributed by atoms with Crippen LogP contribution in [0.15, 0.2) is 24.3 Å². The van der Waals surface area contributed by atoms with Crippen LogP contribution in [0, 0.1) is 0 Å². The summed E-state index contributed by atoms with van der Waals surface area (Å²) in [7, 11) is 0. The molecule has 1 rings (SSSR count). The SMILES string of the molecule is CCCCCCCCCc1ccccc1CCCCCCCCC.[NaH]. The van der Waals surface area contributed by atoms with Gasteiger partial charge in [-0.1, -0.05) is 115 Å². The fourth-order valence-electron chi connectivity index (χ4n) is 3.59. The van der Waals surface area contributed by atoms with Crippen molar-refractivity contribution in [3.8, 4) is 0 Å². The standard InChI is InChI=1S/C24H42.Na.H/c1-3-5-7-9-11-13-15-19-23-21-17-18-22-24(23)20-16-14-12-10-8-6-4-2;;/h17-18,21-22H,3-16,19-20H2,1-2H3;;. The second kappa shape index (κ2) is 19.0. The maximum atomic E-state index is 2.37. The normalized spacial score (nSPS) is 10.6. The third-order valence-electron chi connectivity index (χ3n) is 5.22. The Balaban J connectivity index is 0.00000576. The average Bonchev–Trinajstić information content (AvgIpc) is 2.61. The van der Waals surface area contributed by atoms with Gasteiger partial charge in [-0.3, -0.25) is 0 Å². The summed E-state index contributed by atoms with van der Waals surface area (Å²) in [4.78, 5) is 0. The van der Waals surface area contributed by atoms with Gasteiger partial charge in [-0.15, -0.1) is 0 Å². The first-order valence-corrected chi connectivity index (χ1v) is 10.9. The molecule has 1 aromatic carbocycles. The van der Waals surface area contributed by atoms with E-state index in [0.29, 0.717) is 0 Å². The molecule has 25 heavy (non-hydrogen) atoms. The third kappa shape index (κ3) is 14.0. The Kier molecular flexibility index (Phi) is 19.2. The van der Waals surface area contributed by atoms with Gasteiger partial charge in [0.05, 0.1) is 0 Å². The van der Waals surface area contributed by atoms with Gasteiger partial charge in [0.1, 0.15) is 0 Å². The van der Waals surface area contributed by atoms with Crippen LogP contribution in [0.4, 0.5) is 0 Å². The van der Waals surface area contributed by atoms with Crippen molar-refractivity contribution >= 4 is 29.6 Å². The third-order valence-corrected chi connectivity index (χ3v) is 5.22. The second-order valence-corrected chi connectivity index (χ2v) is 7.51. The first-order valence-electron chi connectivity index (χ1n) is 10.9. The van der Waals surface area contributed by atoms with Gasteiger partial charge in [0.15, 0.2) is 0 Å². The molecule has 0 atom stereocenters. The van der Waals surface area contributed by atoms with E-state index >= 15 is 0 Å². The molecule has 140 valence electrons. The van der Waals surface area contributed by atoms with Gasteiger partial charge in [0.2, 0.25) is 0 Å². The van der Waals surface area contributed by atoms with Crippen molar-refractivity contribution in [3.63, 3.8) is 0 Å². The summed E-state index contributed by atoms with van der Waals surface area (Å²) >= 11 is 0. The fraction of sp³-hybridized carbons (Fsp3) is 0.750. The van der Waals surface area contributed by atoms with Crippen LogP contribution in [0.1, 0.15) is 115 Å². The van der Waals surface area contributed by atoms with Crippen LogP contribution >= 0.6 is 0 Å². The maximum absolute atomic E-state index is 2.37. The van der Waals surface area contributed by atoms with Crippen LogP contribution in [-0.2, 0) is 12.8 Å². The van der Waals surface area contributed by atoms with Gasteiger partial charge in [0, 0.05) is 0 Å². The molecule has 1 aromatic rings. The summed E-state index contributed by atoms with van der Waals surface area (Å²) in [6, 6.07) is 9.19. The molecule has 0 amide bonds. The monoisotopic (exact) mass is 354 g/mol. The second-order valence-electron chi connectivity index (χ2n) is 7.51. The van der Waals surface area contributed by atoms with Crippen LogP contribution in [0.25, 0.3) is 0 Å². The number of hydrogen-bond acceptors (Lipinski definition) is 0. The van der Waals surface area contributed by atoms with E-state index < -0.39 is 0 Å². The van der Waals surface area contributed by atoms with E-state index in [4.69, 9.17) is 0 Å². The Morgan fingerprint density at radius 3 is 1.16 bits per heavy atom. The van der Waals surface area contributed by atoms with E-state index in [-0.39, 0.29) is 29.6 Å². The first kappa shape index (κ1) is 25.2. The van der Waals surface area contributed by atoms with Gasteiger partial charge in [0.25, 0.3) is 0 Å². The number of aryl methyl sites for hydroxylation is 2. The molecule has 0 spiro atoms. The molecule has 0 fully saturated rings. The van der Waals surface area contributed by atoms with Gasteiger partial charge in [-0.2, -0.15) is 0 Å². The van der Waals surface area contributed by atoms with E-state index in [1.807, 2.05) is 0 Å². The van der Waals surface area contributed by atoms with Crippen molar-refractivity contribution in [2.45, 2.75) is 117 Å². The van der Waals surface area contributed by atoms with Gasteiger partial charge < -0.3 is 0 Å². The molecule has 0 saturated heterocycles. The van der Waals surface area contributed by atoms with Crippen molar-refractivity contribution in [3.05, 3.63) is 35.4 Å². The summed E-state index contributed by atoms with van der Waals surface area (Å²) < 4.78 is 0. The molecule has 0 aromatic heterocycles. The number of unbranched alkanes of at least 4 members (excludes halogenated alkanes) is 12. The molecule has 0 radical (unpaired) electrons. The molecule has 0 aliphatic carbocycles. The summed E-state index contributed by atoms with van der Waals surface area (Å²) in [5, 5.41) is 0. The van der Waals surface area contributed by atoms with E-state index in [1.165, 1.54) is 103 Å². The van der Waals surface area contributed by atoms with E-state index in [0.717, 1.165) is 0 Å². The van der Waals surface area contributed by atoms with Crippen LogP contribution in [0.5, 0.6) is 0 Å². The van der Waals surface area contributed by atoms with Gasteiger partial charge >= 0.3 is 29.6 Å².